The van der Waals surface area contributed by atoms with E-state index in [0.29, 0.717) is 17.4 Å². The number of hydrogen-bond acceptors (Lipinski definition) is 7. The van der Waals surface area contributed by atoms with Crippen molar-refractivity contribution in [2.75, 3.05) is 18.4 Å². The second-order valence-corrected chi connectivity index (χ2v) is 6.94. The Balaban J connectivity index is 1.55. The molecule has 1 atom stereocenters. The summed E-state index contributed by atoms with van der Waals surface area (Å²) in [6.45, 7) is 1.97. The SMILES string of the molecule is Cn1cc(-c2cn3c(-c4cccc(NC5CCNC5)n4)cnc3nc2O)cn1. The number of fused-ring (bicyclic) bond motifs is 1. The van der Waals surface area contributed by atoms with Crippen molar-refractivity contribution in [3.63, 3.8) is 0 Å². The van der Waals surface area contributed by atoms with Crippen molar-refractivity contribution in [2.24, 2.45) is 7.05 Å². The van der Waals surface area contributed by atoms with E-state index in [1.54, 1.807) is 17.1 Å². The van der Waals surface area contributed by atoms with Crippen LogP contribution in [0.4, 0.5) is 5.82 Å². The molecule has 0 spiro atoms. The number of nitrogens with one attached hydrogen (secondary N) is 2. The Kier molecular flexibility index (Phi) is 3.94. The van der Waals surface area contributed by atoms with E-state index in [9.17, 15) is 5.11 Å². The molecule has 3 N–H and O–H groups in total. The number of aromatic nitrogens is 6. The summed E-state index contributed by atoms with van der Waals surface area (Å²) in [4.78, 5) is 13.3. The zero-order valence-corrected chi connectivity index (χ0v) is 15.4. The number of nitrogens with zero attached hydrogens (tertiary/aromatic N) is 6. The van der Waals surface area contributed by atoms with E-state index in [1.807, 2.05) is 42.0 Å². The lowest BCUT2D eigenvalue weighted by atomic mass is 10.2. The molecule has 5 heterocycles. The smallest absolute Gasteiger partial charge is 0.237 e. The minimum absolute atomic E-state index is 0.0743. The maximum Gasteiger partial charge on any atom is 0.237 e. The third-order valence-corrected chi connectivity index (χ3v) is 4.92. The van der Waals surface area contributed by atoms with Crippen LogP contribution in [-0.4, -0.2) is 53.4 Å². The average Bonchev–Trinajstić information content (AvgIpc) is 3.42. The molecule has 1 aliphatic heterocycles. The van der Waals surface area contributed by atoms with Gasteiger partial charge in [0.05, 0.1) is 29.3 Å². The number of pyridine rings is 1. The molecule has 0 saturated carbocycles. The molecule has 4 aromatic rings. The summed E-state index contributed by atoms with van der Waals surface area (Å²) in [5, 5.41) is 21.3. The van der Waals surface area contributed by atoms with Crippen LogP contribution in [0.2, 0.25) is 0 Å². The molecule has 9 nitrogen and oxygen atoms in total. The van der Waals surface area contributed by atoms with Gasteiger partial charge >= 0.3 is 0 Å². The molecule has 0 radical (unpaired) electrons. The highest BCUT2D eigenvalue weighted by molar-refractivity contribution is 5.69. The van der Waals surface area contributed by atoms with Crippen molar-refractivity contribution >= 4 is 11.6 Å². The molecule has 28 heavy (non-hydrogen) atoms. The third kappa shape index (κ3) is 2.95. The summed E-state index contributed by atoms with van der Waals surface area (Å²) < 4.78 is 3.52. The van der Waals surface area contributed by atoms with Gasteiger partial charge in [0, 0.05) is 37.6 Å². The van der Waals surface area contributed by atoms with Crippen LogP contribution in [0, 0.1) is 0 Å². The van der Waals surface area contributed by atoms with Gasteiger partial charge in [-0.15, -0.1) is 0 Å². The summed E-state index contributed by atoms with van der Waals surface area (Å²) in [6.07, 6.45) is 8.14. The number of hydrogen-bond donors (Lipinski definition) is 3. The molecule has 4 aromatic heterocycles. The monoisotopic (exact) mass is 376 g/mol. The van der Waals surface area contributed by atoms with E-state index >= 15 is 0 Å². The van der Waals surface area contributed by atoms with E-state index in [4.69, 9.17) is 4.98 Å². The highest BCUT2D eigenvalue weighted by Crippen LogP contribution is 2.29. The summed E-state index contributed by atoms with van der Waals surface area (Å²) >= 11 is 0. The summed E-state index contributed by atoms with van der Waals surface area (Å²) in [7, 11) is 1.83. The fourth-order valence-electron chi connectivity index (χ4n) is 3.50. The number of rotatable bonds is 4. The standard InChI is InChI=1S/C19H20N8O/c1-26-10-12(7-22-26)14-11-27-16(9-21-19(27)25-18(14)28)15-3-2-4-17(24-15)23-13-5-6-20-8-13/h2-4,7,9-11,13,20H,5-6,8H2,1H3,(H,23,24)(H,21,25,28). The maximum atomic E-state index is 10.3. The molecule has 5 rings (SSSR count). The zero-order valence-electron chi connectivity index (χ0n) is 15.4. The maximum absolute atomic E-state index is 10.3. The van der Waals surface area contributed by atoms with Crippen molar-refractivity contribution in [1.29, 1.82) is 0 Å². The summed E-state index contributed by atoms with van der Waals surface area (Å²) in [5.41, 5.74) is 2.96. The Morgan fingerprint density at radius 3 is 2.93 bits per heavy atom. The second kappa shape index (κ2) is 6.61. The second-order valence-electron chi connectivity index (χ2n) is 6.94. The van der Waals surface area contributed by atoms with Gasteiger partial charge in [-0.05, 0) is 25.1 Å². The average molecular weight is 376 g/mol. The fourth-order valence-corrected chi connectivity index (χ4v) is 3.50. The van der Waals surface area contributed by atoms with Gasteiger partial charge in [-0.2, -0.15) is 10.1 Å². The van der Waals surface area contributed by atoms with Crippen molar-refractivity contribution < 1.29 is 5.11 Å². The van der Waals surface area contributed by atoms with Gasteiger partial charge in [0.2, 0.25) is 11.7 Å². The topological polar surface area (TPSA) is 105 Å². The van der Waals surface area contributed by atoms with E-state index in [0.717, 1.165) is 42.3 Å². The van der Waals surface area contributed by atoms with E-state index in [2.05, 4.69) is 25.7 Å². The van der Waals surface area contributed by atoms with Crippen molar-refractivity contribution in [1.82, 2.24) is 34.4 Å². The molecule has 1 fully saturated rings. The Labute approximate surface area is 161 Å². The molecule has 142 valence electrons. The Morgan fingerprint density at radius 2 is 2.14 bits per heavy atom. The quantitative estimate of drug-likeness (QED) is 0.497. The minimum atomic E-state index is -0.0743. The molecule has 0 bridgehead atoms. The van der Waals surface area contributed by atoms with Gasteiger partial charge in [0.1, 0.15) is 5.82 Å². The number of imidazole rings is 1. The van der Waals surface area contributed by atoms with Crippen LogP contribution in [0.1, 0.15) is 6.42 Å². The van der Waals surface area contributed by atoms with Gasteiger partial charge in [0.15, 0.2) is 0 Å². The fraction of sp³-hybridized carbons (Fsp3) is 0.263. The largest absolute Gasteiger partial charge is 0.493 e. The lowest BCUT2D eigenvalue weighted by Gasteiger charge is -2.12. The van der Waals surface area contributed by atoms with Gasteiger partial charge in [-0.3, -0.25) is 9.08 Å². The Hall–Kier alpha value is -3.46. The summed E-state index contributed by atoms with van der Waals surface area (Å²) in [5.74, 6) is 1.18. The lowest BCUT2D eigenvalue weighted by Crippen LogP contribution is -2.22. The molecule has 1 unspecified atom stereocenters. The third-order valence-electron chi connectivity index (χ3n) is 4.92. The van der Waals surface area contributed by atoms with Gasteiger partial charge in [-0.1, -0.05) is 6.07 Å². The van der Waals surface area contributed by atoms with E-state index in [-0.39, 0.29) is 5.88 Å². The summed E-state index contributed by atoms with van der Waals surface area (Å²) in [6, 6.07) is 6.28. The van der Waals surface area contributed by atoms with Crippen molar-refractivity contribution in [3.05, 3.63) is 43.0 Å². The predicted molar refractivity (Wildman–Crippen MR) is 105 cm³/mol. The zero-order chi connectivity index (χ0) is 19.1. The first kappa shape index (κ1) is 16.7. The van der Waals surface area contributed by atoms with Crippen LogP contribution in [0.15, 0.2) is 43.0 Å². The molecular weight excluding hydrogens is 356 g/mol. The number of anilines is 1. The Morgan fingerprint density at radius 1 is 1.21 bits per heavy atom. The van der Waals surface area contributed by atoms with Gasteiger partial charge < -0.3 is 15.7 Å². The van der Waals surface area contributed by atoms with Crippen LogP contribution in [0.3, 0.4) is 0 Å². The molecule has 1 aliphatic rings. The highest BCUT2D eigenvalue weighted by Gasteiger charge is 2.17. The molecule has 1 saturated heterocycles. The normalized spacial score (nSPS) is 16.7. The van der Waals surface area contributed by atoms with Crippen LogP contribution in [-0.2, 0) is 7.05 Å². The minimum Gasteiger partial charge on any atom is -0.493 e. The molecule has 0 aliphatic carbocycles. The van der Waals surface area contributed by atoms with Crippen LogP contribution < -0.4 is 10.6 Å². The number of aryl methyl sites for hydroxylation is 1. The molecule has 0 aromatic carbocycles. The van der Waals surface area contributed by atoms with Gasteiger partial charge in [-0.25, -0.2) is 9.97 Å². The van der Waals surface area contributed by atoms with Crippen LogP contribution in [0.25, 0.3) is 28.3 Å². The Bertz CT molecular complexity index is 1140. The molecule has 9 heteroatoms. The van der Waals surface area contributed by atoms with Crippen LogP contribution >= 0.6 is 0 Å². The molecule has 0 amide bonds. The van der Waals surface area contributed by atoms with Crippen molar-refractivity contribution in [3.8, 4) is 28.4 Å². The highest BCUT2D eigenvalue weighted by atomic mass is 16.3. The number of aromatic hydroxyl groups is 1. The lowest BCUT2D eigenvalue weighted by molar-refractivity contribution is 0.456. The predicted octanol–water partition coefficient (Wildman–Crippen LogP) is 1.67. The van der Waals surface area contributed by atoms with Crippen LogP contribution in [0.5, 0.6) is 5.88 Å². The van der Waals surface area contributed by atoms with Gasteiger partial charge in [0.25, 0.3) is 0 Å². The van der Waals surface area contributed by atoms with E-state index < -0.39 is 0 Å². The van der Waals surface area contributed by atoms with E-state index in [1.165, 1.54) is 0 Å². The molecular formula is C19H20N8O. The van der Waals surface area contributed by atoms with Crippen molar-refractivity contribution in [2.45, 2.75) is 12.5 Å². The first-order valence-electron chi connectivity index (χ1n) is 9.18. The first-order chi connectivity index (χ1) is 13.7. The first-order valence-corrected chi connectivity index (χ1v) is 9.18.